The van der Waals surface area contributed by atoms with Crippen LogP contribution in [-0.4, -0.2) is 34.8 Å². The van der Waals surface area contributed by atoms with Crippen molar-refractivity contribution in [1.29, 1.82) is 0 Å². The minimum atomic E-state index is -0.772. The van der Waals surface area contributed by atoms with Gasteiger partial charge in [0, 0.05) is 18.5 Å². The van der Waals surface area contributed by atoms with E-state index in [1.54, 1.807) is 16.7 Å². The number of carbonyl (C=O) groups is 1. The molecule has 0 saturated heterocycles. The zero-order valence-electron chi connectivity index (χ0n) is 13.0. The van der Waals surface area contributed by atoms with Crippen LogP contribution in [0.15, 0.2) is 29.2 Å². The van der Waals surface area contributed by atoms with Gasteiger partial charge in [-0.05, 0) is 36.8 Å². The zero-order valence-corrected chi connectivity index (χ0v) is 13.8. The van der Waals surface area contributed by atoms with Crippen molar-refractivity contribution in [3.05, 3.63) is 29.8 Å². The Kier molecular flexibility index (Phi) is 5.71. The van der Waals surface area contributed by atoms with E-state index in [1.165, 1.54) is 11.3 Å². The largest absolute Gasteiger partial charge is 0.389 e. The first-order chi connectivity index (χ1) is 10.0. The lowest BCUT2D eigenvalue weighted by atomic mass is 9.82. The minimum absolute atomic E-state index is 0.0355. The van der Waals surface area contributed by atoms with Crippen molar-refractivity contribution >= 4 is 17.7 Å². The van der Waals surface area contributed by atoms with E-state index >= 15 is 0 Å². The van der Waals surface area contributed by atoms with Gasteiger partial charge in [-0.15, -0.1) is 11.8 Å². The highest BCUT2D eigenvalue weighted by Crippen LogP contribution is 2.31. The molecule has 0 spiro atoms. The standard InChI is InChI=1S/C17H25NO2S/c1-18(13-14-6-8-15(21-2)9-7-14)16(19)12-17(20)10-4-3-5-11-17/h6-9,20H,3-5,10-13H2,1-2H3. The Morgan fingerprint density at radius 2 is 1.86 bits per heavy atom. The van der Waals surface area contributed by atoms with Crippen LogP contribution in [0.1, 0.15) is 44.1 Å². The number of aliphatic hydroxyl groups is 1. The third-order valence-electron chi connectivity index (χ3n) is 4.27. The van der Waals surface area contributed by atoms with Crippen LogP contribution in [0.2, 0.25) is 0 Å². The van der Waals surface area contributed by atoms with Gasteiger partial charge in [0.1, 0.15) is 0 Å². The molecule has 3 nitrogen and oxygen atoms in total. The molecule has 1 amide bonds. The summed E-state index contributed by atoms with van der Waals surface area (Å²) in [6.07, 6.45) is 7.06. The molecule has 1 aromatic carbocycles. The monoisotopic (exact) mass is 307 g/mol. The average molecular weight is 307 g/mol. The van der Waals surface area contributed by atoms with Gasteiger partial charge in [0.15, 0.2) is 0 Å². The van der Waals surface area contributed by atoms with Crippen molar-refractivity contribution in [2.45, 2.75) is 55.6 Å². The first kappa shape index (κ1) is 16.4. The molecule has 0 aliphatic heterocycles. The quantitative estimate of drug-likeness (QED) is 0.847. The normalized spacial score (nSPS) is 17.5. The molecule has 0 bridgehead atoms. The summed E-state index contributed by atoms with van der Waals surface area (Å²) >= 11 is 1.71. The molecule has 0 radical (unpaired) electrons. The molecule has 0 aromatic heterocycles. The highest BCUT2D eigenvalue weighted by Gasteiger charge is 2.32. The summed E-state index contributed by atoms with van der Waals surface area (Å²) in [7, 11) is 1.82. The van der Waals surface area contributed by atoms with Crippen molar-refractivity contribution in [3.8, 4) is 0 Å². The highest BCUT2D eigenvalue weighted by atomic mass is 32.2. The molecule has 116 valence electrons. The first-order valence-corrected chi connectivity index (χ1v) is 8.84. The summed E-state index contributed by atoms with van der Waals surface area (Å²) in [5.41, 5.74) is 0.353. The fourth-order valence-electron chi connectivity index (χ4n) is 2.90. The number of amides is 1. The van der Waals surface area contributed by atoms with Gasteiger partial charge in [-0.2, -0.15) is 0 Å². The van der Waals surface area contributed by atoms with Crippen molar-refractivity contribution < 1.29 is 9.90 Å². The predicted molar refractivity (Wildman–Crippen MR) is 87.3 cm³/mol. The van der Waals surface area contributed by atoms with Gasteiger partial charge in [0.2, 0.25) is 5.91 Å². The van der Waals surface area contributed by atoms with Gasteiger partial charge in [-0.1, -0.05) is 31.4 Å². The van der Waals surface area contributed by atoms with Crippen molar-refractivity contribution in [1.82, 2.24) is 4.90 Å². The van der Waals surface area contributed by atoms with E-state index in [0.717, 1.165) is 31.2 Å². The Bertz CT molecular complexity index is 466. The highest BCUT2D eigenvalue weighted by molar-refractivity contribution is 7.98. The number of thioether (sulfide) groups is 1. The maximum atomic E-state index is 12.3. The fourth-order valence-corrected chi connectivity index (χ4v) is 3.30. The molecule has 1 aliphatic rings. The van der Waals surface area contributed by atoms with Crippen LogP contribution < -0.4 is 0 Å². The second-order valence-corrected chi connectivity index (χ2v) is 6.94. The van der Waals surface area contributed by atoms with E-state index in [9.17, 15) is 9.90 Å². The summed E-state index contributed by atoms with van der Waals surface area (Å²) in [4.78, 5) is 15.3. The number of hydrogen-bond acceptors (Lipinski definition) is 3. The molecule has 1 fully saturated rings. The lowest BCUT2D eigenvalue weighted by Crippen LogP contribution is -2.39. The Morgan fingerprint density at radius 3 is 2.43 bits per heavy atom. The summed E-state index contributed by atoms with van der Waals surface area (Å²) in [5, 5.41) is 10.5. The molecule has 0 heterocycles. The fraction of sp³-hybridized carbons (Fsp3) is 0.588. The molecule has 4 heteroatoms. The van der Waals surface area contributed by atoms with Crippen LogP contribution in [0.5, 0.6) is 0 Å². The lowest BCUT2D eigenvalue weighted by Gasteiger charge is -2.32. The molecule has 2 rings (SSSR count). The van der Waals surface area contributed by atoms with Crippen LogP contribution in [0.4, 0.5) is 0 Å². The zero-order chi connectivity index (χ0) is 15.3. The van der Waals surface area contributed by atoms with Gasteiger partial charge in [-0.25, -0.2) is 0 Å². The van der Waals surface area contributed by atoms with Crippen LogP contribution in [0.25, 0.3) is 0 Å². The summed E-state index contributed by atoms with van der Waals surface area (Å²) in [6, 6.07) is 8.27. The second kappa shape index (κ2) is 7.32. The Labute approximate surface area is 131 Å². The topological polar surface area (TPSA) is 40.5 Å². The van der Waals surface area contributed by atoms with Gasteiger partial charge in [0.05, 0.1) is 12.0 Å². The number of nitrogens with zero attached hydrogens (tertiary/aromatic N) is 1. The van der Waals surface area contributed by atoms with Gasteiger partial charge >= 0.3 is 0 Å². The van der Waals surface area contributed by atoms with Crippen LogP contribution in [0.3, 0.4) is 0 Å². The molecular weight excluding hydrogens is 282 g/mol. The Balaban J connectivity index is 1.89. The first-order valence-electron chi connectivity index (χ1n) is 7.62. The van der Waals surface area contributed by atoms with Crippen molar-refractivity contribution in [2.24, 2.45) is 0 Å². The molecule has 1 N–H and O–H groups in total. The maximum absolute atomic E-state index is 12.3. The molecule has 21 heavy (non-hydrogen) atoms. The second-order valence-electron chi connectivity index (χ2n) is 6.06. The van der Waals surface area contributed by atoms with Crippen LogP contribution in [0, 0.1) is 0 Å². The third kappa shape index (κ3) is 4.75. The van der Waals surface area contributed by atoms with Crippen LogP contribution in [-0.2, 0) is 11.3 Å². The molecule has 1 aliphatic carbocycles. The minimum Gasteiger partial charge on any atom is -0.389 e. The van der Waals surface area contributed by atoms with Crippen molar-refractivity contribution in [2.75, 3.05) is 13.3 Å². The van der Waals surface area contributed by atoms with Gasteiger partial charge in [0.25, 0.3) is 0 Å². The van der Waals surface area contributed by atoms with E-state index < -0.39 is 5.60 Å². The van der Waals surface area contributed by atoms with E-state index in [1.807, 2.05) is 7.05 Å². The molecule has 0 unspecified atom stereocenters. The van der Waals surface area contributed by atoms with Gasteiger partial charge < -0.3 is 10.0 Å². The van der Waals surface area contributed by atoms with E-state index in [2.05, 4.69) is 30.5 Å². The molecule has 1 aromatic rings. The lowest BCUT2D eigenvalue weighted by molar-refractivity contribution is -0.137. The smallest absolute Gasteiger partial charge is 0.225 e. The number of benzene rings is 1. The average Bonchev–Trinajstić information content (AvgIpc) is 2.48. The van der Waals surface area contributed by atoms with Gasteiger partial charge in [-0.3, -0.25) is 4.79 Å². The molecule has 1 saturated carbocycles. The predicted octanol–water partition coefficient (Wildman–Crippen LogP) is 3.45. The van der Waals surface area contributed by atoms with E-state index in [-0.39, 0.29) is 12.3 Å². The molecular formula is C17H25NO2S. The Morgan fingerprint density at radius 1 is 1.24 bits per heavy atom. The van der Waals surface area contributed by atoms with Crippen LogP contribution >= 0.6 is 11.8 Å². The molecule has 0 atom stereocenters. The SMILES string of the molecule is CSc1ccc(CN(C)C(=O)CC2(O)CCCCC2)cc1. The third-order valence-corrected chi connectivity index (χ3v) is 5.01. The summed E-state index contributed by atoms with van der Waals surface area (Å²) < 4.78 is 0. The summed E-state index contributed by atoms with van der Waals surface area (Å²) in [6.45, 7) is 0.601. The number of carbonyl (C=O) groups excluding carboxylic acids is 1. The van der Waals surface area contributed by atoms with E-state index in [4.69, 9.17) is 0 Å². The maximum Gasteiger partial charge on any atom is 0.225 e. The number of rotatable bonds is 5. The Hall–Kier alpha value is -1.00. The summed E-state index contributed by atoms with van der Waals surface area (Å²) in [5.74, 6) is 0.0355. The number of hydrogen-bond donors (Lipinski definition) is 1. The van der Waals surface area contributed by atoms with E-state index in [0.29, 0.717) is 6.54 Å². The van der Waals surface area contributed by atoms with Crippen molar-refractivity contribution in [3.63, 3.8) is 0 Å².